The van der Waals surface area contributed by atoms with Crippen LogP contribution >= 0.6 is 0 Å². The fourth-order valence-electron chi connectivity index (χ4n) is 3.15. The molecule has 0 aliphatic carbocycles. The number of piperazine rings is 1. The predicted octanol–water partition coefficient (Wildman–Crippen LogP) is 2.31. The Labute approximate surface area is 114 Å². The first-order chi connectivity index (χ1) is 8.59. The summed E-state index contributed by atoms with van der Waals surface area (Å²) in [5.74, 6) is 0. The highest BCUT2D eigenvalue weighted by Gasteiger charge is 2.35. The van der Waals surface area contributed by atoms with Gasteiger partial charge in [0.2, 0.25) is 0 Å². The van der Waals surface area contributed by atoms with Gasteiger partial charge in [0.05, 0.1) is 0 Å². The number of nitrogens with zero attached hydrogens (tertiary/aromatic N) is 2. The second kappa shape index (κ2) is 7.46. The minimum atomic E-state index is 0.263. The van der Waals surface area contributed by atoms with Crippen molar-refractivity contribution in [1.29, 1.82) is 0 Å². The molecule has 3 heteroatoms. The predicted molar refractivity (Wildman–Crippen MR) is 79.9 cm³/mol. The van der Waals surface area contributed by atoms with Crippen molar-refractivity contribution in [3.8, 4) is 0 Å². The van der Waals surface area contributed by atoms with E-state index in [-0.39, 0.29) is 5.54 Å². The lowest BCUT2D eigenvalue weighted by molar-refractivity contribution is 0.0174. The smallest absolute Gasteiger partial charge is 0.0330 e. The standard InChI is InChI=1S/C15H33N3/c1-5-7-8-15(6-2,13-16)18-11-9-17(10-12-18)14(3)4/h14H,5-13,16H2,1-4H3. The van der Waals surface area contributed by atoms with Crippen LogP contribution < -0.4 is 5.73 Å². The molecule has 1 unspecified atom stereocenters. The molecule has 1 saturated heterocycles. The summed E-state index contributed by atoms with van der Waals surface area (Å²) in [6.07, 6.45) is 5.02. The normalized spacial score (nSPS) is 22.3. The van der Waals surface area contributed by atoms with Gasteiger partial charge in [0.1, 0.15) is 0 Å². The number of rotatable bonds is 7. The molecule has 1 aliphatic heterocycles. The van der Waals surface area contributed by atoms with E-state index in [9.17, 15) is 0 Å². The second-order valence-corrected chi connectivity index (χ2v) is 6.00. The van der Waals surface area contributed by atoms with Crippen molar-refractivity contribution in [1.82, 2.24) is 9.80 Å². The van der Waals surface area contributed by atoms with Gasteiger partial charge < -0.3 is 5.73 Å². The summed E-state index contributed by atoms with van der Waals surface area (Å²) in [5, 5.41) is 0. The quantitative estimate of drug-likeness (QED) is 0.758. The highest BCUT2D eigenvalue weighted by molar-refractivity contribution is 4.93. The van der Waals surface area contributed by atoms with Crippen LogP contribution in [0.1, 0.15) is 53.4 Å². The molecule has 0 spiro atoms. The molecule has 0 aromatic heterocycles. The van der Waals surface area contributed by atoms with Crippen molar-refractivity contribution < 1.29 is 0 Å². The van der Waals surface area contributed by atoms with Crippen LogP contribution in [-0.2, 0) is 0 Å². The number of unbranched alkanes of at least 4 members (excludes halogenated alkanes) is 1. The Morgan fingerprint density at radius 3 is 2.11 bits per heavy atom. The SMILES string of the molecule is CCCCC(CC)(CN)N1CCN(C(C)C)CC1. The third kappa shape index (κ3) is 3.69. The van der Waals surface area contributed by atoms with Gasteiger partial charge >= 0.3 is 0 Å². The Bertz CT molecular complexity index is 216. The number of nitrogens with two attached hydrogens (primary N) is 1. The Hall–Kier alpha value is -0.120. The summed E-state index contributed by atoms with van der Waals surface area (Å²) < 4.78 is 0. The van der Waals surface area contributed by atoms with Crippen LogP contribution in [0.2, 0.25) is 0 Å². The van der Waals surface area contributed by atoms with Crippen LogP contribution in [0.4, 0.5) is 0 Å². The maximum absolute atomic E-state index is 6.13. The summed E-state index contributed by atoms with van der Waals surface area (Å²) in [6, 6.07) is 0.677. The van der Waals surface area contributed by atoms with E-state index >= 15 is 0 Å². The van der Waals surface area contributed by atoms with Gasteiger partial charge in [-0.2, -0.15) is 0 Å². The van der Waals surface area contributed by atoms with Crippen molar-refractivity contribution in [2.24, 2.45) is 5.73 Å². The molecule has 18 heavy (non-hydrogen) atoms. The summed E-state index contributed by atoms with van der Waals surface area (Å²) in [7, 11) is 0. The van der Waals surface area contributed by atoms with Crippen LogP contribution in [-0.4, -0.2) is 54.1 Å². The third-order valence-electron chi connectivity index (χ3n) is 4.75. The molecular weight excluding hydrogens is 222 g/mol. The summed E-state index contributed by atoms with van der Waals surface area (Å²) in [4.78, 5) is 5.24. The van der Waals surface area contributed by atoms with E-state index in [1.54, 1.807) is 0 Å². The molecule has 0 aromatic carbocycles. The highest BCUT2D eigenvalue weighted by atomic mass is 15.3. The average Bonchev–Trinajstić information content (AvgIpc) is 2.41. The van der Waals surface area contributed by atoms with E-state index in [0.29, 0.717) is 6.04 Å². The van der Waals surface area contributed by atoms with Gasteiger partial charge in [0.25, 0.3) is 0 Å². The first-order valence-corrected chi connectivity index (χ1v) is 7.78. The maximum Gasteiger partial charge on any atom is 0.0330 e. The molecular formula is C15H33N3. The van der Waals surface area contributed by atoms with E-state index in [1.165, 1.54) is 51.9 Å². The molecule has 1 heterocycles. The molecule has 108 valence electrons. The summed E-state index contributed by atoms with van der Waals surface area (Å²) >= 11 is 0. The zero-order valence-electron chi connectivity index (χ0n) is 12.9. The zero-order chi connectivity index (χ0) is 13.6. The van der Waals surface area contributed by atoms with Crippen LogP contribution in [0.15, 0.2) is 0 Å². The maximum atomic E-state index is 6.13. The van der Waals surface area contributed by atoms with Gasteiger partial charge in [0, 0.05) is 44.3 Å². The molecule has 0 bridgehead atoms. The van der Waals surface area contributed by atoms with E-state index in [2.05, 4.69) is 37.5 Å². The molecule has 1 aliphatic rings. The van der Waals surface area contributed by atoms with Crippen molar-refractivity contribution >= 4 is 0 Å². The largest absolute Gasteiger partial charge is 0.329 e. The average molecular weight is 255 g/mol. The molecule has 0 radical (unpaired) electrons. The molecule has 1 fully saturated rings. The molecule has 1 rings (SSSR count). The third-order valence-corrected chi connectivity index (χ3v) is 4.75. The highest BCUT2D eigenvalue weighted by Crippen LogP contribution is 2.27. The Morgan fingerprint density at radius 2 is 1.72 bits per heavy atom. The lowest BCUT2D eigenvalue weighted by Gasteiger charge is -2.48. The van der Waals surface area contributed by atoms with Crippen molar-refractivity contribution in [2.45, 2.75) is 65.0 Å². The molecule has 0 amide bonds. The summed E-state index contributed by atoms with van der Waals surface area (Å²) in [6.45, 7) is 14.7. The van der Waals surface area contributed by atoms with Gasteiger partial charge in [-0.05, 0) is 26.7 Å². The van der Waals surface area contributed by atoms with Crippen molar-refractivity contribution in [2.75, 3.05) is 32.7 Å². The van der Waals surface area contributed by atoms with E-state index in [1.807, 2.05) is 0 Å². The lowest BCUT2D eigenvalue weighted by atomic mass is 9.87. The van der Waals surface area contributed by atoms with Gasteiger partial charge in [-0.1, -0.05) is 26.7 Å². The Balaban J connectivity index is 2.60. The zero-order valence-corrected chi connectivity index (χ0v) is 12.9. The van der Waals surface area contributed by atoms with Gasteiger partial charge in [-0.15, -0.1) is 0 Å². The van der Waals surface area contributed by atoms with E-state index in [0.717, 1.165) is 6.54 Å². The second-order valence-electron chi connectivity index (χ2n) is 6.00. The number of hydrogen-bond acceptors (Lipinski definition) is 3. The lowest BCUT2D eigenvalue weighted by Crippen LogP contribution is -2.60. The molecule has 0 aromatic rings. The molecule has 2 N–H and O–H groups in total. The molecule has 0 saturated carbocycles. The first-order valence-electron chi connectivity index (χ1n) is 7.78. The topological polar surface area (TPSA) is 32.5 Å². The van der Waals surface area contributed by atoms with E-state index < -0.39 is 0 Å². The minimum absolute atomic E-state index is 0.263. The van der Waals surface area contributed by atoms with Crippen molar-refractivity contribution in [3.63, 3.8) is 0 Å². The fraction of sp³-hybridized carbons (Fsp3) is 1.00. The Morgan fingerprint density at radius 1 is 1.11 bits per heavy atom. The monoisotopic (exact) mass is 255 g/mol. The van der Waals surface area contributed by atoms with Crippen molar-refractivity contribution in [3.05, 3.63) is 0 Å². The van der Waals surface area contributed by atoms with Crippen LogP contribution in [0.3, 0.4) is 0 Å². The van der Waals surface area contributed by atoms with Crippen LogP contribution in [0.25, 0.3) is 0 Å². The van der Waals surface area contributed by atoms with Crippen LogP contribution in [0.5, 0.6) is 0 Å². The van der Waals surface area contributed by atoms with Gasteiger partial charge in [0.15, 0.2) is 0 Å². The molecule has 1 atom stereocenters. The van der Waals surface area contributed by atoms with Crippen LogP contribution in [0, 0.1) is 0 Å². The summed E-state index contributed by atoms with van der Waals surface area (Å²) in [5.41, 5.74) is 6.39. The van der Waals surface area contributed by atoms with Gasteiger partial charge in [-0.25, -0.2) is 0 Å². The molecule has 3 nitrogen and oxygen atoms in total. The minimum Gasteiger partial charge on any atom is -0.329 e. The first kappa shape index (κ1) is 15.9. The number of hydrogen-bond donors (Lipinski definition) is 1. The fourth-order valence-corrected chi connectivity index (χ4v) is 3.15. The van der Waals surface area contributed by atoms with E-state index in [4.69, 9.17) is 5.73 Å². The Kier molecular flexibility index (Phi) is 6.61. The van der Waals surface area contributed by atoms with Gasteiger partial charge in [-0.3, -0.25) is 9.80 Å².